The van der Waals surface area contributed by atoms with Gasteiger partial charge >= 0.3 is 5.97 Å². The number of amides is 2. The summed E-state index contributed by atoms with van der Waals surface area (Å²) in [6.45, 7) is 5.00. The minimum absolute atomic E-state index is 0.0399. The van der Waals surface area contributed by atoms with Gasteiger partial charge < -0.3 is 14.4 Å². The standard InChI is InChI=1S/C36H41Cl2N3O8S/c1-36(2,3)49-31(42)21-47-24-11-9-10-22(18-24)20-48-39-34(43)32-25-12-5-6-13-26(25)35(44)41(33(32)27-17-16-23(37)19-28(27)38)30-15-8-7-14-29(30)40-50(4,45)46/h5-6,9-13,16-19,29-30,32-33,40H,7-8,14-15,20-21H2,1-4H3,(H,39,43)/t29-,30-,32+,33-/m0/s1. The van der Waals surface area contributed by atoms with Gasteiger partial charge in [0, 0.05) is 27.7 Å². The Morgan fingerprint density at radius 1 is 0.960 bits per heavy atom. The fourth-order valence-electron chi connectivity index (χ4n) is 6.62. The number of nitrogens with zero attached hydrogens (tertiary/aromatic N) is 1. The molecule has 0 unspecified atom stereocenters. The van der Waals surface area contributed by atoms with Crippen molar-refractivity contribution in [3.05, 3.63) is 99.0 Å². The second-order valence-electron chi connectivity index (χ2n) is 13.5. The van der Waals surface area contributed by atoms with E-state index in [0.29, 0.717) is 45.9 Å². The molecule has 1 heterocycles. The summed E-state index contributed by atoms with van der Waals surface area (Å²) in [6.07, 6.45) is 3.67. The van der Waals surface area contributed by atoms with Crippen LogP contribution in [0.25, 0.3) is 0 Å². The van der Waals surface area contributed by atoms with E-state index in [2.05, 4.69) is 10.2 Å². The molecule has 0 radical (unpaired) electrons. The molecule has 14 heteroatoms. The van der Waals surface area contributed by atoms with Crippen molar-refractivity contribution in [2.75, 3.05) is 12.9 Å². The molecule has 5 rings (SSSR count). The van der Waals surface area contributed by atoms with Gasteiger partial charge in [0.05, 0.1) is 24.8 Å². The number of hydrogen-bond acceptors (Lipinski definition) is 8. The molecule has 0 saturated heterocycles. The number of carbonyl (C=O) groups is 3. The Morgan fingerprint density at radius 3 is 2.42 bits per heavy atom. The molecule has 1 aliphatic carbocycles. The maximum absolute atomic E-state index is 14.4. The molecule has 1 saturated carbocycles. The Labute approximate surface area is 302 Å². The summed E-state index contributed by atoms with van der Waals surface area (Å²) in [5, 5.41) is 0.633. The van der Waals surface area contributed by atoms with Crippen LogP contribution in [0.4, 0.5) is 0 Å². The molecule has 3 aromatic rings. The van der Waals surface area contributed by atoms with E-state index < -0.39 is 51.5 Å². The van der Waals surface area contributed by atoms with Crippen LogP contribution in [0, 0.1) is 0 Å². The van der Waals surface area contributed by atoms with Crippen molar-refractivity contribution in [3.63, 3.8) is 0 Å². The fraction of sp³-hybridized carbons (Fsp3) is 0.417. The third-order valence-electron chi connectivity index (χ3n) is 8.48. The highest BCUT2D eigenvalue weighted by atomic mass is 35.5. The lowest BCUT2D eigenvalue weighted by Gasteiger charge is -2.49. The topological polar surface area (TPSA) is 140 Å². The lowest BCUT2D eigenvalue weighted by Crippen LogP contribution is -2.59. The number of fused-ring (bicyclic) bond motifs is 1. The maximum Gasteiger partial charge on any atom is 0.344 e. The molecule has 2 amide bonds. The molecule has 0 bridgehead atoms. The van der Waals surface area contributed by atoms with Crippen LogP contribution < -0.4 is 14.9 Å². The molecule has 0 spiro atoms. The largest absolute Gasteiger partial charge is 0.482 e. The number of nitrogens with one attached hydrogen (secondary N) is 2. The van der Waals surface area contributed by atoms with Crippen LogP contribution in [0.2, 0.25) is 10.0 Å². The van der Waals surface area contributed by atoms with Crippen LogP contribution >= 0.6 is 23.2 Å². The maximum atomic E-state index is 14.4. The molecule has 4 atom stereocenters. The molecule has 2 aliphatic rings. The molecule has 50 heavy (non-hydrogen) atoms. The highest BCUT2D eigenvalue weighted by Crippen LogP contribution is 2.48. The van der Waals surface area contributed by atoms with Crippen LogP contribution in [0.1, 0.15) is 85.5 Å². The second-order valence-corrected chi connectivity index (χ2v) is 16.1. The highest BCUT2D eigenvalue weighted by Gasteiger charge is 2.49. The van der Waals surface area contributed by atoms with Gasteiger partial charge in [-0.2, -0.15) is 0 Å². The number of benzene rings is 3. The van der Waals surface area contributed by atoms with Gasteiger partial charge in [0.25, 0.3) is 11.8 Å². The molecular weight excluding hydrogens is 705 g/mol. The molecule has 2 N–H and O–H groups in total. The van der Waals surface area contributed by atoms with E-state index in [1.807, 2.05) is 0 Å². The zero-order chi connectivity index (χ0) is 36.2. The third-order valence-corrected chi connectivity index (χ3v) is 9.77. The van der Waals surface area contributed by atoms with E-state index in [0.717, 1.165) is 19.1 Å². The first-order chi connectivity index (χ1) is 23.6. The van der Waals surface area contributed by atoms with Gasteiger partial charge in [-0.1, -0.05) is 72.4 Å². The Balaban J connectivity index is 1.44. The number of ether oxygens (including phenoxy) is 2. The van der Waals surface area contributed by atoms with E-state index in [1.54, 1.807) is 92.4 Å². The number of hydrogen-bond donors (Lipinski definition) is 2. The Morgan fingerprint density at radius 2 is 1.70 bits per heavy atom. The summed E-state index contributed by atoms with van der Waals surface area (Å²) >= 11 is 13.1. The van der Waals surface area contributed by atoms with Crippen molar-refractivity contribution in [1.82, 2.24) is 15.1 Å². The Kier molecular flexibility index (Phi) is 11.8. The zero-order valence-corrected chi connectivity index (χ0v) is 30.6. The third kappa shape index (κ3) is 9.35. The fourth-order valence-corrected chi connectivity index (χ4v) is 7.97. The number of sulfonamides is 1. The van der Waals surface area contributed by atoms with Crippen LogP contribution in [-0.4, -0.2) is 61.6 Å². The monoisotopic (exact) mass is 745 g/mol. The van der Waals surface area contributed by atoms with E-state index in [9.17, 15) is 22.8 Å². The van der Waals surface area contributed by atoms with Gasteiger partial charge in [-0.3, -0.25) is 14.4 Å². The van der Waals surface area contributed by atoms with Gasteiger partial charge in [-0.15, -0.1) is 0 Å². The van der Waals surface area contributed by atoms with Gasteiger partial charge in [-0.05, 0) is 80.6 Å². The number of halogens is 2. The predicted molar refractivity (Wildman–Crippen MR) is 189 cm³/mol. The van der Waals surface area contributed by atoms with E-state index in [-0.39, 0.29) is 24.1 Å². The quantitative estimate of drug-likeness (QED) is 0.177. The van der Waals surface area contributed by atoms with Gasteiger partial charge in [0.2, 0.25) is 10.0 Å². The van der Waals surface area contributed by atoms with Gasteiger partial charge in [0.15, 0.2) is 6.61 Å². The lowest BCUT2D eigenvalue weighted by molar-refractivity contribution is -0.157. The molecule has 11 nitrogen and oxygen atoms in total. The van der Waals surface area contributed by atoms with Crippen LogP contribution in [0.15, 0.2) is 66.7 Å². The normalized spacial score (nSPS) is 20.9. The average molecular weight is 747 g/mol. The Bertz CT molecular complexity index is 1850. The van der Waals surface area contributed by atoms with Crippen LogP contribution in [0.3, 0.4) is 0 Å². The highest BCUT2D eigenvalue weighted by molar-refractivity contribution is 7.88. The van der Waals surface area contributed by atoms with Crippen molar-refractivity contribution < 1.29 is 37.1 Å². The molecular formula is C36H41Cl2N3O8S. The van der Waals surface area contributed by atoms with Crippen molar-refractivity contribution in [1.29, 1.82) is 0 Å². The number of carbonyl (C=O) groups excluding carboxylic acids is 3. The second kappa shape index (κ2) is 15.7. The summed E-state index contributed by atoms with van der Waals surface area (Å²) in [4.78, 5) is 48.2. The van der Waals surface area contributed by atoms with E-state index in [4.69, 9.17) is 37.5 Å². The molecule has 0 aromatic heterocycles. The number of rotatable bonds is 11. The van der Waals surface area contributed by atoms with Crippen molar-refractivity contribution in [3.8, 4) is 5.75 Å². The van der Waals surface area contributed by atoms with Gasteiger partial charge in [-0.25, -0.2) is 23.4 Å². The van der Waals surface area contributed by atoms with Crippen molar-refractivity contribution in [2.24, 2.45) is 0 Å². The first kappa shape index (κ1) is 37.6. The SMILES string of the molecule is CC(C)(C)OC(=O)COc1cccc(CONC(=O)[C@@H]2c3ccccc3C(=O)N([C@H]3CCCC[C@@H]3NS(C)(=O)=O)[C@H]2c2ccc(Cl)cc2Cl)c1. The van der Waals surface area contributed by atoms with Crippen LogP contribution in [0.5, 0.6) is 5.75 Å². The van der Waals surface area contributed by atoms with E-state index >= 15 is 0 Å². The summed E-state index contributed by atoms with van der Waals surface area (Å²) in [5.41, 5.74) is 3.89. The minimum Gasteiger partial charge on any atom is -0.482 e. The van der Waals surface area contributed by atoms with Gasteiger partial charge in [0.1, 0.15) is 11.4 Å². The molecule has 268 valence electrons. The molecule has 1 fully saturated rings. The van der Waals surface area contributed by atoms with Crippen molar-refractivity contribution >= 4 is 51.0 Å². The first-order valence-corrected chi connectivity index (χ1v) is 18.9. The number of esters is 1. The first-order valence-electron chi connectivity index (χ1n) is 16.3. The summed E-state index contributed by atoms with van der Waals surface area (Å²) in [5.74, 6) is -1.95. The van der Waals surface area contributed by atoms with E-state index in [1.165, 1.54) is 0 Å². The summed E-state index contributed by atoms with van der Waals surface area (Å²) < 4.78 is 38.5. The predicted octanol–water partition coefficient (Wildman–Crippen LogP) is 6.10. The summed E-state index contributed by atoms with van der Waals surface area (Å²) in [7, 11) is -3.62. The van der Waals surface area contributed by atoms with Crippen molar-refractivity contribution in [2.45, 2.75) is 82.7 Å². The Hall–Kier alpha value is -3.68. The summed E-state index contributed by atoms with van der Waals surface area (Å²) in [6, 6.07) is 16.5. The minimum atomic E-state index is -3.62. The lowest BCUT2D eigenvalue weighted by atomic mass is 9.76. The smallest absolute Gasteiger partial charge is 0.344 e. The average Bonchev–Trinajstić information content (AvgIpc) is 3.03. The number of hydroxylamine groups is 1. The zero-order valence-electron chi connectivity index (χ0n) is 28.3. The molecule has 1 aliphatic heterocycles. The van der Waals surface area contributed by atoms with Crippen LogP contribution in [-0.2, 0) is 35.8 Å². The molecule has 3 aromatic carbocycles.